The smallest absolute Gasteiger partial charge is 0.224 e. The van der Waals surface area contributed by atoms with Crippen molar-refractivity contribution in [1.29, 1.82) is 0 Å². The second kappa shape index (κ2) is 6.76. The molecule has 4 nitrogen and oxygen atoms in total. The fraction of sp³-hybridized carbons (Fsp3) is 0.375. The van der Waals surface area contributed by atoms with Crippen LogP contribution in [0.2, 0.25) is 5.02 Å². The van der Waals surface area contributed by atoms with Crippen molar-refractivity contribution in [3.8, 4) is 0 Å². The Bertz CT molecular complexity index is 649. The van der Waals surface area contributed by atoms with Crippen LogP contribution in [-0.2, 0) is 24.7 Å². The van der Waals surface area contributed by atoms with Gasteiger partial charge < -0.3 is 5.32 Å². The van der Waals surface area contributed by atoms with Gasteiger partial charge in [-0.3, -0.25) is 9.48 Å². The van der Waals surface area contributed by atoms with Gasteiger partial charge in [-0.15, -0.1) is 0 Å². The monoisotopic (exact) mass is 305 g/mol. The highest BCUT2D eigenvalue weighted by Crippen LogP contribution is 2.12. The molecule has 0 aliphatic rings. The van der Waals surface area contributed by atoms with E-state index >= 15 is 0 Å². The minimum absolute atomic E-state index is 0.0106. The van der Waals surface area contributed by atoms with Gasteiger partial charge in [-0.2, -0.15) is 5.10 Å². The average molecular weight is 306 g/mol. The standard InChI is InChI=1S/C16H20ClN3O/c1-11-15(12(2)20(3)19-11)7-8-18-16(21)10-13-5-4-6-14(17)9-13/h4-6,9H,7-8,10H2,1-3H3,(H,18,21). The van der Waals surface area contributed by atoms with Crippen LogP contribution in [0.1, 0.15) is 22.5 Å². The zero-order valence-corrected chi connectivity index (χ0v) is 13.4. The Hall–Kier alpha value is -1.81. The molecule has 1 heterocycles. The molecule has 2 aromatic rings. The molecular formula is C16H20ClN3O. The molecule has 0 aliphatic heterocycles. The summed E-state index contributed by atoms with van der Waals surface area (Å²) < 4.78 is 1.87. The Morgan fingerprint density at radius 3 is 2.76 bits per heavy atom. The van der Waals surface area contributed by atoms with Crippen molar-refractivity contribution < 1.29 is 4.79 Å². The quantitative estimate of drug-likeness (QED) is 0.923. The summed E-state index contributed by atoms with van der Waals surface area (Å²) in [7, 11) is 1.93. The first kappa shape index (κ1) is 15.6. The first-order chi connectivity index (χ1) is 9.97. The number of amides is 1. The van der Waals surface area contributed by atoms with E-state index in [9.17, 15) is 4.79 Å². The summed E-state index contributed by atoms with van der Waals surface area (Å²) in [4.78, 5) is 11.9. The number of aromatic nitrogens is 2. The summed E-state index contributed by atoms with van der Waals surface area (Å²) in [5.41, 5.74) is 4.31. The molecule has 1 aromatic heterocycles. The number of nitrogens with zero attached hydrogens (tertiary/aromatic N) is 2. The third kappa shape index (κ3) is 4.08. The van der Waals surface area contributed by atoms with E-state index in [0.29, 0.717) is 18.0 Å². The maximum atomic E-state index is 11.9. The minimum atomic E-state index is 0.0106. The number of carbonyl (C=O) groups excluding carboxylic acids is 1. The van der Waals surface area contributed by atoms with E-state index in [2.05, 4.69) is 10.4 Å². The highest BCUT2D eigenvalue weighted by molar-refractivity contribution is 6.30. The third-order valence-corrected chi connectivity index (χ3v) is 3.84. The Balaban J connectivity index is 1.84. The second-order valence-corrected chi connectivity index (χ2v) is 5.62. The van der Waals surface area contributed by atoms with Crippen LogP contribution in [-0.4, -0.2) is 22.2 Å². The highest BCUT2D eigenvalue weighted by Gasteiger charge is 2.09. The predicted molar refractivity (Wildman–Crippen MR) is 84.6 cm³/mol. The van der Waals surface area contributed by atoms with Crippen molar-refractivity contribution in [3.63, 3.8) is 0 Å². The molecule has 0 saturated carbocycles. The summed E-state index contributed by atoms with van der Waals surface area (Å²) in [6.07, 6.45) is 1.15. The van der Waals surface area contributed by atoms with E-state index in [-0.39, 0.29) is 5.91 Å². The second-order valence-electron chi connectivity index (χ2n) is 5.18. The Morgan fingerprint density at radius 1 is 1.38 bits per heavy atom. The Kier molecular flexibility index (Phi) is 5.02. The van der Waals surface area contributed by atoms with E-state index in [1.807, 2.05) is 43.8 Å². The number of hydrogen-bond donors (Lipinski definition) is 1. The van der Waals surface area contributed by atoms with Crippen molar-refractivity contribution in [3.05, 3.63) is 51.8 Å². The fourth-order valence-corrected chi connectivity index (χ4v) is 2.61. The largest absolute Gasteiger partial charge is 0.355 e. The maximum absolute atomic E-state index is 11.9. The zero-order chi connectivity index (χ0) is 15.4. The first-order valence-electron chi connectivity index (χ1n) is 6.97. The van der Waals surface area contributed by atoms with E-state index in [1.165, 1.54) is 5.56 Å². The van der Waals surface area contributed by atoms with Crippen molar-refractivity contribution in [2.45, 2.75) is 26.7 Å². The predicted octanol–water partition coefficient (Wildman–Crippen LogP) is 2.59. The molecule has 2 rings (SSSR count). The van der Waals surface area contributed by atoms with Gasteiger partial charge in [0.2, 0.25) is 5.91 Å². The minimum Gasteiger partial charge on any atom is -0.355 e. The van der Waals surface area contributed by atoms with Gasteiger partial charge in [0.05, 0.1) is 12.1 Å². The molecule has 0 bridgehead atoms. The molecule has 0 spiro atoms. The number of hydrogen-bond acceptors (Lipinski definition) is 2. The van der Waals surface area contributed by atoms with E-state index in [0.717, 1.165) is 23.4 Å². The summed E-state index contributed by atoms with van der Waals surface area (Å²) in [6.45, 7) is 4.66. The number of benzene rings is 1. The number of rotatable bonds is 5. The summed E-state index contributed by atoms with van der Waals surface area (Å²) in [5.74, 6) is 0.0106. The molecule has 0 unspecified atom stereocenters. The lowest BCUT2D eigenvalue weighted by atomic mass is 10.1. The van der Waals surface area contributed by atoms with Crippen LogP contribution in [0, 0.1) is 13.8 Å². The first-order valence-corrected chi connectivity index (χ1v) is 7.35. The van der Waals surface area contributed by atoms with Crippen molar-refractivity contribution >= 4 is 17.5 Å². The number of halogens is 1. The van der Waals surface area contributed by atoms with Crippen LogP contribution in [0.15, 0.2) is 24.3 Å². The molecule has 1 aromatic carbocycles. The van der Waals surface area contributed by atoms with Crippen molar-refractivity contribution in [2.75, 3.05) is 6.54 Å². The maximum Gasteiger partial charge on any atom is 0.224 e. The molecule has 1 N–H and O–H groups in total. The normalized spacial score (nSPS) is 10.7. The Morgan fingerprint density at radius 2 is 2.14 bits per heavy atom. The molecule has 0 aliphatic carbocycles. The van der Waals surface area contributed by atoms with Crippen LogP contribution in [0.25, 0.3) is 0 Å². The molecule has 1 amide bonds. The molecule has 0 atom stereocenters. The number of nitrogens with one attached hydrogen (secondary N) is 1. The van der Waals surface area contributed by atoms with Gasteiger partial charge in [-0.1, -0.05) is 23.7 Å². The van der Waals surface area contributed by atoms with Gasteiger partial charge in [0.25, 0.3) is 0 Å². The SMILES string of the molecule is Cc1nn(C)c(C)c1CCNC(=O)Cc1cccc(Cl)c1. The Labute approximate surface area is 130 Å². The van der Waals surface area contributed by atoms with E-state index in [1.54, 1.807) is 6.07 Å². The van der Waals surface area contributed by atoms with Gasteiger partial charge in [-0.05, 0) is 43.5 Å². The van der Waals surface area contributed by atoms with Gasteiger partial charge in [0.1, 0.15) is 0 Å². The number of aryl methyl sites for hydroxylation is 2. The summed E-state index contributed by atoms with van der Waals surface area (Å²) in [5, 5.41) is 7.97. The molecule has 112 valence electrons. The average Bonchev–Trinajstić information content (AvgIpc) is 2.65. The van der Waals surface area contributed by atoms with Crippen LogP contribution in [0.4, 0.5) is 0 Å². The van der Waals surface area contributed by atoms with E-state index < -0.39 is 0 Å². The van der Waals surface area contributed by atoms with Crippen molar-refractivity contribution in [1.82, 2.24) is 15.1 Å². The van der Waals surface area contributed by atoms with Crippen LogP contribution in [0.5, 0.6) is 0 Å². The van der Waals surface area contributed by atoms with Crippen LogP contribution in [0.3, 0.4) is 0 Å². The highest BCUT2D eigenvalue weighted by atomic mass is 35.5. The molecule has 0 radical (unpaired) electrons. The molecule has 0 saturated heterocycles. The van der Waals surface area contributed by atoms with Crippen molar-refractivity contribution in [2.24, 2.45) is 7.05 Å². The van der Waals surface area contributed by atoms with E-state index in [4.69, 9.17) is 11.6 Å². The molecule has 0 fully saturated rings. The lowest BCUT2D eigenvalue weighted by Gasteiger charge is -2.06. The van der Waals surface area contributed by atoms with Crippen LogP contribution < -0.4 is 5.32 Å². The third-order valence-electron chi connectivity index (χ3n) is 3.61. The zero-order valence-electron chi connectivity index (χ0n) is 12.6. The lowest BCUT2D eigenvalue weighted by molar-refractivity contribution is -0.120. The number of carbonyl (C=O) groups is 1. The van der Waals surface area contributed by atoms with Gasteiger partial charge in [0, 0.05) is 24.3 Å². The van der Waals surface area contributed by atoms with Gasteiger partial charge in [-0.25, -0.2) is 0 Å². The topological polar surface area (TPSA) is 46.9 Å². The molecular weight excluding hydrogens is 286 g/mol. The lowest BCUT2D eigenvalue weighted by Crippen LogP contribution is -2.27. The summed E-state index contributed by atoms with van der Waals surface area (Å²) >= 11 is 5.91. The fourth-order valence-electron chi connectivity index (χ4n) is 2.40. The summed E-state index contributed by atoms with van der Waals surface area (Å²) in [6, 6.07) is 7.38. The van der Waals surface area contributed by atoms with Gasteiger partial charge in [0.15, 0.2) is 0 Å². The van der Waals surface area contributed by atoms with Crippen LogP contribution >= 0.6 is 11.6 Å². The van der Waals surface area contributed by atoms with Gasteiger partial charge >= 0.3 is 0 Å². The molecule has 21 heavy (non-hydrogen) atoms. The molecule has 5 heteroatoms.